The van der Waals surface area contributed by atoms with E-state index in [-0.39, 0.29) is 30.3 Å². The molecular weight excluding hydrogens is 376 g/mol. The van der Waals surface area contributed by atoms with Crippen LogP contribution in [0, 0.1) is 5.92 Å². The van der Waals surface area contributed by atoms with Crippen molar-refractivity contribution in [3.8, 4) is 11.5 Å². The first kappa shape index (κ1) is 22.1. The van der Waals surface area contributed by atoms with Crippen LogP contribution in [0.15, 0.2) is 48.5 Å². The lowest BCUT2D eigenvalue weighted by atomic mass is 9.95. The number of carbonyl (C=O) groups excluding carboxylic acids is 1. The van der Waals surface area contributed by atoms with E-state index in [1.165, 1.54) is 0 Å². The highest BCUT2D eigenvalue weighted by atomic mass is 35.5. The maximum absolute atomic E-state index is 12.8. The molecule has 1 aliphatic heterocycles. The van der Waals surface area contributed by atoms with Gasteiger partial charge in [0.25, 0.3) is 0 Å². The molecule has 3 rings (SSSR count). The van der Waals surface area contributed by atoms with Gasteiger partial charge >= 0.3 is 0 Å². The normalized spacial score (nSPS) is 17.1. The minimum Gasteiger partial charge on any atom is -0.493 e. The molecule has 0 spiro atoms. The minimum absolute atomic E-state index is 0. The van der Waals surface area contributed by atoms with Gasteiger partial charge in [0.2, 0.25) is 5.91 Å². The molecule has 2 aromatic rings. The number of hydrogen-bond donors (Lipinski definition) is 2. The quantitative estimate of drug-likeness (QED) is 0.741. The van der Waals surface area contributed by atoms with Crippen LogP contribution in [0.2, 0.25) is 0 Å². The van der Waals surface area contributed by atoms with Crippen LogP contribution >= 0.6 is 12.4 Å². The van der Waals surface area contributed by atoms with E-state index in [1.54, 1.807) is 14.2 Å². The van der Waals surface area contributed by atoms with Crippen LogP contribution < -0.4 is 20.1 Å². The van der Waals surface area contributed by atoms with Crippen LogP contribution in [-0.2, 0) is 11.2 Å². The summed E-state index contributed by atoms with van der Waals surface area (Å²) in [5.74, 6) is 1.56. The Labute approximate surface area is 173 Å². The molecule has 1 heterocycles. The van der Waals surface area contributed by atoms with E-state index in [1.807, 2.05) is 36.4 Å². The Morgan fingerprint density at radius 3 is 2.54 bits per heavy atom. The first-order valence-corrected chi connectivity index (χ1v) is 9.48. The van der Waals surface area contributed by atoms with Crippen molar-refractivity contribution in [1.29, 1.82) is 0 Å². The van der Waals surface area contributed by atoms with E-state index < -0.39 is 0 Å². The number of hydrogen-bond acceptors (Lipinski definition) is 4. The van der Waals surface area contributed by atoms with Gasteiger partial charge in [0.05, 0.1) is 26.2 Å². The monoisotopic (exact) mass is 404 g/mol. The van der Waals surface area contributed by atoms with Gasteiger partial charge in [0.15, 0.2) is 11.5 Å². The summed E-state index contributed by atoms with van der Waals surface area (Å²) in [6.45, 7) is 1.75. The number of carbonyl (C=O) groups is 1. The smallest absolute Gasteiger partial charge is 0.224 e. The highest BCUT2D eigenvalue weighted by Crippen LogP contribution is 2.30. The fraction of sp³-hybridized carbons (Fsp3) is 0.409. The van der Waals surface area contributed by atoms with Crippen molar-refractivity contribution >= 4 is 18.3 Å². The summed E-state index contributed by atoms with van der Waals surface area (Å²) in [6.07, 6.45) is 2.68. The molecule has 5 nitrogen and oxygen atoms in total. The second-order valence-corrected chi connectivity index (χ2v) is 6.91. The van der Waals surface area contributed by atoms with Crippen LogP contribution in [-0.4, -0.2) is 33.2 Å². The van der Waals surface area contributed by atoms with Gasteiger partial charge in [-0.1, -0.05) is 36.4 Å². The molecule has 6 heteroatoms. The fourth-order valence-electron chi connectivity index (χ4n) is 3.55. The first-order chi connectivity index (χ1) is 13.2. The average molecular weight is 405 g/mol. The molecule has 0 radical (unpaired) electrons. The van der Waals surface area contributed by atoms with Crippen LogP contribution in [0.1, 0.15) is 30.0 Å². The Morgan fingerprint density at radius 2 is 1.89 bits per heavy atom. The predicted octanol–water partition coefficient (Wildman–Crippen LogP) is 3.53. The summed E-state index contributed by atoms with van der Waals surface area (Å²) < 4.78 is 10.7. The first-order valence-electron chi connectivity index (χ1n) is 9.48. The molecule has 1 amide bonds. The Kier molecular flexibility index (Phi) is 8.61. The molecule has 0 aromatic heterocycles. The Hall–Kier alpha value is -2.24. The lowest BCUT2D eigenvalue weighted by molar-refractivity contribution is -0.126. The van der Waals surface area contributed by atoms with Crippen molar-refractivity contribution in [3.63, 3.8) is 0 Å². The van der Waals surface area contributed by atoms with E-state index in [2.05, 4.69) is 22.8 Å². The molecule has 0 aliphatic carbocycles. The fourth-order valence-corrected chi connectivity index (χ4v) is 3.55. The number of rotatable bonds is 7. The summed E-state index contributed by atoms with van der Waals surface area (Å²) in [6, 6.07) is 15.9. The van der Waals surface area contributed by atoms with Crippen molar-refractivity contribution in [2.45, 2.75) is 25.3 Å². The number of nitrogens with one attached hydrogen (secondary N) is 2. The zero-order valence-electron chi connectivity index (χ0n) is 16.4. The molecule has 1 aliphatic rings. The summed E-state index contributed by atoms with van der Waals surface area (Å²) in [7, 11) is 3.26. The molecule has 1 saturated heterocycles. The number of piperidine rings is 1. The molecule has 2 unspecified atom stereocenters. The van der Waals surface area contributed by atoms with E-state index >= 15 is 0 Å². The topological polar surface area (TPSA) is 59.6 Å². The molecule has 2 aromatic carbocycles. The summed E-state index contributed by atoms with van der Waals surface area (Å²) in [4.78, 5) is 12.8. The van der Waals surface area contributed by atoms with Crippen molar-refractivity contribution in [3.05, 3.63) is 59.7 Å². The summed E-state index contributed by atoms with van der Waals surface area (Å²) in [5.41, 5.74) is 2.19. The average Bonchev–Trinajstić information content (AvgIpc) is 2.74. The summed E-state index contributed by atoms with van der Waals surface area (Å²) in [5, 5.41) is 6.58. The van der Waals surface area contributed by atoms with Gasteiger partial charge in [-0.25, -0.2) is 0 Å². The van der Waals surface area contributed by atoms with Crippen molar-refractivity contribution in [2.24, 2.45) is 5.92 Å². The molecule has 2 N–H and O–H groups in total. The third kappa shape index (κ3) is 5.63. The largest absolute Gasteiger partial charge is 0.493 e. The number of ether oxygens (including phenoxy) is 2. The second kappa shape index (κ2) is 10.9. The van der Waals surface area contributed by atoms with E-state index in [4.69, 9.17) is 9.47 Å². The maximum atomic E-state index is 12.8. The third-order valence-corrected chi connectivity index (χ3v) is 5.07. The van der Waals surface area contributed by atoms with E-state index in [0.29, 0.717) is 17.9 Å². The molecule has 152 valence electrons. The number of methoxy groups -OCH3 is 2. The van der Waals surface area contributed by atoms with Gasteiger partial charge in [-0.3, -0.25) is 4.79 Å². The Morgan fingerprint density at radius 1 is 1.14 bits per heavy atom. The lowest BCUT2D eigenvalue weighted by Crippen LogP contribution is -2.42. The second-order valence-electron chi connectivity index (χ2n) is 6.91. The van der Waals surface area contributed by atoms with Crippen molar-refractivity contribution < 1.29 is 14.3 Å². The molecule has 2 atom stereocenters. The zero-order chi connectivity index (χ0) is 19.1. The van der Waals surface area contributed by atoms with Gasteiger partial charge in [-0.15, -0.1) is 12.4 Å². The van der Waals surface area contributed by atoms with Crippen LogP contribution in [0.25, 0.3) is 0 Å². The highest BCUT2D eigenvalue weighted by Gasteiger charge is 2.24. The van der Waals surface area contributed by atoms with Gasteiger partial charge in [-0.05, 0) is 49.1 Å². The van der Waals surface area contributed by atoms with Crippen molar-refractivity contribution in [2.75, 3.05) is 27.3 Å². The Balaban J connectivity index is 0.00000280. The molecule has 1 fully saturated rings. The van der Waals surface area contributed by atoms with Gasteiger partial charge in [-0.2, -0.15) is 0 Å². The highest BCUT2D eigenvalue weighted by molar-refractivity contribution is 5.85. The van der Waals surface area contributed by atoms with E-state index in [0.717, 1.165) is 37.1 Å². The molecule has 28 heavy (non-hydrogen) atoms. The standard InChI is InChI=1S/C22H28N2O3.ClH/c1-26-20-11-10-16(14-21(20)27-2)13-19(17-7-4-3-5-8-17)24-22(25)18-9-6-12-23-15-18;/h3-5,7-8,10-11,14,18-19,23H,6,9,12-13,15H2,1-2H3,(H,24,25);1H. The SMILES string of the molecule is COc1ccc(CC(NC(=O)C2CCCNC2)c2ccccc2)cc1OC.Cl. The van der Waals surface area contributed by atoms with Crippen LogP contribution in [0.4, 0.5) is 0 Å². The van der Waals surface area contributed by atoms with Crippen molar-refractivity contribution in [1.82, 2.24) is 10.6 Å². The van der Waals surface area contributed by atoms with Crippen LogP contribution in [0.3, 0.4) is 0 Å². The van der Waals surface area contributed by atoms with Gasteiger partial charge in [0, 0.05) is 6.54 Å². The Bertz CT molecular complexity index is 749. The molecular formula is C22H29ClN2O3. The molecule has 0 saturated carbocycles. The number of halogens is 1. The number of amides is 1. The van der Waals surface area contributed by atoms with E-state index in [9.17, 15) is 4.79 Å². The predicted molar refractivity (Wildman–Crippen MR) is 113 cm³/mol. The van der Waals surface area contributed by atoms with Crippen LogP contribution in [0.5, 0.6) is 11.5 Å². The zero-order valence-corrected chi connectivity index (χ0v) is 17.3. The maximum Gasteiger partial charge on any atom is 0.224 e. The molecule has 0 bridgehead atoms. The van der Waals surface area contributed by atoms with Gasteiger partial charge < -0.3 is 20.1 Å². The lowest BCUT2D eigenvalue weighted by Gasteiger charge is -2.26. The third-order valence-electron chi connectivity index (χ3n) is 5.07. The summed E-state index contributed by atoms with van der Waals surface area (Å²) >= 11 is 0. The minimum atomic E-state index is -0.0845. The number of benzene rings is 2. The van der Waals surface area contributed by atoms with Gasteiger partial charge in [0.1, 0.15) is 0 Å².